The Kier molecular flexibility index (Phi) is 5.16. The van der Waals surface area contributed by atoms with Crippen molar-refractivity contribution in [1.82, 2.24) is 5.01 Å². The SMILES string of the molecule is COc1cc(/C=N\N2C(=O)[C@@H]3[C@@H](C2=O)[C@H]2C=C[C@H]3C2)ccc1OCc1ccc([N+](=O)[O-])cc1. The van der Waals surface area contributed by atoms with E-state index in [9.17, 15) is 19.7 Å². The molecule has 1 aliphatic heterocycles. The topological polar surface area (TPSA) is 111 Å². The third-order valence-corrected chi connectivity index (χ3v) is 6.50. The first-order valence-electron chi connectivity index (χ1n) is 10.6. The maximum Gasteiger partial charge on any atom is 0.269 e. The Bertz CT molecular complexity index is 1160. The third-order valence-electron chi connectivity index (χ3n) is 6.50. The maximum absolute atomic E-state index is 12.7. The van der Waals surface area contributed by atoms with Crippen LogP contribution in [0.4, 0.5) is 5.69 Å². The second kappa shape index (κ2) is 8.16. The van der Waals surface area contributed by atoms with Crippen molar-refractivity contribution in [1.29, 1.82) is 0 Å². The molecule has 1 heterocycles. The second-order valence-corrected chi connectivity index (χ2v) is 8.36. The largest absolute Gasteiger partial charge is 0.493 e. The van der Waals surface area contributed by atoms with Crippen LogP contribution >= 0.6 is 0 Å². The van der Waals surface area contributed by atoms with Gasteiger partial charge in [-0.05, 0) is 59.7 Å². The van der Waals surface area contributed by atoms with E-state index in [2.05, 4.69) is 5.10 Å². The van der Waals surface area contributed by atoms with Crippen LogP contribution in [0.5, 0.6) is 11.5 Å². The molecule has 2 aliphatic carbocycles. The van der Waals surface area contributed by atoms with E-state index in [4.69, 9.17) is 9.47 Å². The van der Waals surface area contributed by atoms with Crippen molar-refractivity contribution in [2.24, 2.45) is 28.8 Å². The van der Waals surface area contributed by atoms with Gasteiger partial charge in [0.15, 0.2) is 11.5 Å². The average Bonchev–Trinajstić information content (AvgIpc) is 3.51. The number of nitro groups is 1. The zero-order valence-corrected chi connectivity index (χ0v) is 17.8. The summed E-state index contributed by atoms with van der Waals surface area (Å²) >= 11 is 0. The summed E-state index contributed by atoms with van der Waals surface area (Å²) in [7, 11) is 1.51. The van der Waals surface area contributed by atoms with E-state index in [1.165, 1.54) is 25.5 Å². The molecule has 168 valence electrons. The Labute approximate surface area is 189 Å². The molecule has 4 atom stereocenters. The molecule has 0 N–H and O–H groups in total. The van der Waals surface area contributed by atoms with Crippen LogP contribution in [0, 0.1) is 33.8 Å². The van der Waals surface area contributed by atoms with Crippen molar-refractivity contribution in [3.05, 3.63) is 75.9 Å². The first kappa shape index (κ1) is 20.9. The first-order chi connectivity index (χ1) is 16.0. The molecule has 3 aliphatic rings. The van der Waals surface area contributed by atoms with Crippen LogP contribution in [0.2, 0.25) is 0 Å². The number of rotatable bonds is 7. The van der Waals surface area contributed by atoms with Gasteiger partial charge < -0.3 is 9.47 Å². The number of allylic oxidation sites excluding steroid dienone is 2. The molecule has 2 fully saturated rings. The summed E-state index contributed by atoms with van der Waals surface area (Å²) in [5, 5.41) is 16.0. The Hall–Kier alpha value is -4.01. The number of ether oxygens (including phenoxy) is 2. The van der Waals surface area contributed by atoms with Crippen LogP contribution < -0.4 is 9.47 Å². The summed E-state index contributed by atoms with van der Waals surface area (Å²) < 4.78 is 11.2. The lowest BCUT2D eigenvalue weighted by molar-refractivity contribution is -0.384. The number of hydrazone groups is 1. The predicted octanol–water partition coefficient (Wildman–Crippen LogP) is 3.32. The number of imide groups is 1. The number of fused-ring (bicyclic) bond motifs is 5. The van der Waals surface area contributed by atoms with Gasteiger partial charge in [-0.1, -0.05) is 12.2 Å². The Morgan fingerprint density at radius 2 is 1.73 bits per heavy atom. The number of hydrogen-bond acceptors (Lipinski definition) is 7. The number of amides is 2. The fourth-order valence-corrected chi connectivity index (χ4v) is 4.88. The number of nitro benzene ring substituents is 1. The van der Waals surface area contributed by atoms with Crippen molar-refractivity contribution in [2.75, 3.05) is 7.11 Å². The number of methoxy groups -OCH3 is 1. The van der Waals surface area contributed by atoms with Gasteiger partial charge in [-0.15, -0.1) is 0 Å². The molecule has 0 unspecified atom stereocenters. The molecular formula is C24H21N3O6. The van der Waals surface area contributed by atoms with E-state index in [0.29, 0.717) is 17.1 Å². The molecule has 9 heteroatoms. The van der Waals surface area contributed by atoms with E-state index in [1.54, 1.807) is 30.3 Å². The third kappa shape index (κ3) is 3.65. The Morgan fingerprint density at radius 1 is 1.06 bits per heavy atom. The van der Waals surface area contributed by atoms with Crippen LogP contribution in [0.15, 0.2) is 59.7 Å². The number of nitrogens with zero attached hydrogens (tertiary/aromatic N) is 3. The summed E-state index contributed by atoms with van der Waals surface area (Å²) in [6.07, 6.45) is 6.44. The van der Waals surface area contributed by atoms with Crippen LogP contribution in [0.25, 0.3) is 0 Å². The number of non-ortho nitro benzene ring substituents is 1. The number of benzene rings is 2. The minimum Gasteiger partial charge on any atom is -0.493 e. The van der Waals surface area contributed by atoms with Gasteiger partial charge >= 0.3 is 0 Å². The van der Waals surface area contributed by atoms with Crippen LogP contribution in [-0.4, -0.2) is 35.1 Å². The normalized spacial score (nSPS) is 25.2. The molecule has 2 aromatic rings. The van der Waals surface area contributed by atoms with Gasteiger partial charge in [0.1, 0.15) is 6.61 Å². The lowest BCUT2D eigenvalue weighted by Gasteiger charge is -2.13. The molecule has 2 amide bonds. The molecule has 5 rings (SSSR count). The van der Waals surface area contributed by atoms with E-state index in [0.717, 1.165) is 17.0 Å². The fourth-order valence-electron chi connectivity index (χ4n) is 4.88. The molecule has 2 aromatic carbocycles. The molecule has 9 nitrogen and oxygen atoms in total. The molecule has 1 saturated heterocycles. The first-order valence-corrected chi connectivity index (χ1v) is 10.6. The highest BCUT2D eigenvalue weighted by atomic mass is 16.6. The van der Waals surface area contributed by atoms with Crippen LogP contribution in [0.3, 0.4) is 0 Å². The van der Waals surface area contributed by atoms with Gasteiger partial charge in [0.05, 0.1) is 30.1 Å². The zero-order valence-electron chi connectivity index (χ0n) is 17.8. The van der Waals surface area contributed by atoms with Gasteiger partial charge in [-0.25, -0.2) is 0 Å². The van der Waals surface area contributed by atoms with E-state index in [1.807, 2.05) is 12.2 Å². The zero-order chi connectivity index (χ0) is 23.1. The lowest BCUT2D eigenvalue weighted by Crippen LogP contribution is -2.28. The predicted molar refractivity (Wildman–Crippen MR) is 118 cm³/mol. The summed E-state index contributed by atoms with van der Waals surface area (Å²) in [4.78, 5) is 35.8. The fraction of sp³-hybridized carbons (Fsp3) is 0.292. The van der Waals surface area contributed by atoms with Crippen molar-refractivity contribution in [3.8, 4) is 11.5 Å². The van der Waals surface area contributed by atoms with E-state index < -0.39 is 4.92 Å². The molecule has 0 radical (unpaired) electrons. The summed E-state index contributed by atoms with van der Waals surface area (Å²) in [5.41, 5.74) is 1.43. The van der Waals surface area contributed by atoms with Crippen molar-refractivity contribution in [3.63, 3.8) is 0 Å². The van der Waals surface area contributed by atoms with Gasteiger partial charge in [-0.3, -0.25) is 19.7 Å². The smallest absolute Gasteiger partial charge is 0.269 e. The Morgan fingerprint density at radius 3 is 2.33 bits per heavy atom. The summed E-state index contributed by atoms with van der Waals surface area (Å²) in [6, 6.07) is 11.3. The second-order valence-electron chi connectivity index (χ2n) is 8.36. The van der Waals surface area contributed by atoms with Crippen molar-refractivity contribution in [2.45, 2.75) is 13.0 Å². The number of carbonyl (C=O) groups is 2. The molecule has 0 aromatic heterocycles. The van der Waals surface area contributed by atoms with Gasteiger partial charge in [0, 0.05) is 12.1 Å². The minimum atomic E-state index is -0.454. The standard InChI is InChI=1S/C24H21N3O6/c1-32-20-10-15(4-9-19(20)33-13-14-2-7-18(8-3-14)27(30)31)12-25-26-23(28)21-16-5-6-17(11-16)22(21)24(26)29/h2-10,12,16-17,21-22H,11,13H2,1H3/b25-12-/t16-,17-,21-,22-/m0/s1. The lowest BCUT2D eigenvalue weighted by atomic mass is 9.85. The van der Waals surface area contributed by atoms with E-state index >= 15 is 0 Å². The van der Waals surface area contributed by atoms with Crippen molar-refractivity contribution < 1.29 is 24.0 Å². The van der Waals surface area contributed by atoms with Crippen LogP contribution in [0.1, 0.15) is 17.5 Å². The molecular weight excluding hydrogens is 426 g/mol. The van der Waals surface area contributed by atoms with Gasteiger partial charge in [0.2, 0.25) is 0 Å². The molecule has 1 saturated carbocycles. The average molecular weight is 447 g/mol. The van der Waals surface area contributed by atoms with Crippen LogP contribution in [-0.2, 0) is 16.2 Å². The highest BCUT2D eigenvalue weighted by Crippen LogP contribution is 2.52. The summed E-state index contributed by atoms with van der Waals surface area (Å²) in [6.45, 7) is 0.206. The summed E-state index contributed by atoms with van der Waals surface area (Å²) in [5.74, 6) is 0.204. The Balaban J connectivity index is 1.26. The van der Waals surface area contributed by atoms with Gasteiger partial charge in [-0.2, -0.15) is 10.1 Å². The number of hydrogen-bond donors (Lipinski definition) is 0. The van der Waals surface area contributed by atoms with Gasteiger partial charge in [0.25, 0.3) is 17.5 Å². The highest BCUT2D eigenvalue weighted by Gasteiger charge is 2.59. The number of carbonyl (C=O) groups excluding carboxylic acids is 2. The van der Waals surface area contributed by atoms with E-state index in [-0.39, 0.29) is 47.8 Å². The molecule has 2 bridgehead atoms. The molecule has 33 heavy (non-hydrogen) atoms. The quantitative estimate of drug-likeness (QED) is 0.212. The van der Waals surface area contributed by atoms with Crippen molar-refractivity contribution >= 4 is 23.7 Å². The molecule has 0 spiro atoms. The maximum atomic E-state index is 12.7. The monoisotopic (exact) mass is 447 g/mol. The minimum absolute atomic E-state index is 0.0162. The highest BCUT2D eigenvalue weighted by molar-refractivity contribution is 6.06.